The number of pyridine rings is 10. The molecule has 0 atom stereocenters. The number of aromatic amines is 1. The molecule has 37 nitrogen and oxygen atoms in total. The van der Waals surface area contributed by atoms with Gasteiger partial charge in [0.1, 0.15) is 96.9 Å². The van der Waals surface area contributed by atoms with Crippen LogP contribution in [0.1, 0.15) is 100 Å². The van der Waals surface area contributed by atoms with Crippen molar-refractivity contribution in [2.45, 2.75) is 107 Å². The van der Waals surface area contributed by atoms with Crippen molar-refractivity contribution in [3.8, 4) is 55.6 Å². The van der Waals surface area contributed by atoms with Gasteiger partial charge >= 0.3 is 10.2 Å². The Morgan fingerprint density at radius 1 is 0.545 bits per heavy atom. The number of nitrogen functional groups attached to an aromatic ring is 1. The predicted molar refractivity (Wildman–Crippen MR) is 505 cm³/mol. The number of sulfonamides is 1. The van der Waals surface area contributed by atoms with Crippen molar-refractivity contribution in [1.29, 1.82) is 0 Å². The SMILES string of the molecule is CC(=O)Nc1cc(-c2cnc(N(C)C)c(C(=O)NC34CC(C3)C4)c2)ccn1.Cc1c(-c2ccnc(Nc3ccncn3)c2)cnc(Cl)c1CS(=O)(=O)c1ccc(F)cc1F.Cc1ncc(-c2ccnc(N)c2)cc1NS(=O)(=O)N(C)C.Cc1nccc(Nc2cc(-c3c[nH]c(=O)c(S(=O)(=O)NC4CCC4)c3)ccn2)n1.Cc1nccc(Nc2cc(-c3cnc(C)c(C(N)=O)c3)ccn2)n1. The van der Waals surface area contributed by atoms with Crippen LogP contribution in [0.4, 0.5) is 66.8 Å². The van der Waals surface area contributed by atoms with Crippen LogP contribution in [0.25, 0.3) is 55.6 Å². The summed E-state index contributed by atoms with van der Waals surface area (Å²) in [7, 11) is -4.95. The lowest BCUT2D eigenvalue weighted by Crippen LogP contribution is -2.68. The molecule has 0 unspecified atom stereocenters. The number of H-pyrrole nitrogens is 1. The number of hydrogen-bond donors (Lipinski definition) is 10. The van der Waals surface area contributed by atoms with Crippen LogP contribution < -0.4 is 58.0 Å². The van der Waals surface area contributed by atoms with Gasteiger partial charge < -0.3 is 47.9 Å². The van der Waals surface area contributed by atoms with Crippen molar-refractivity contribution in [1.82, 2.24) is 94.1 Å². The number of aryl methyl sites for hydroxylation is 4. The third-order valence-corrected chi connectivity index (χ3v) is 26.3. The molecule has 134 heavy (non-hydrogen) atoms. The van der Waals surface area contributed by atoms with Crippen LogP contribution in [0.5, 0.6) is 0 Å². The molecule has 13 heterocycles. The lowest BCUT2D eigenvalue weighted by Gasteiger charge is -2.61. The largest absolute Gasteiger partial charge is 0.384 e. The van der Waals surface area contributed by atoms with Crippen molar-refractivity contribution >= 4 is 117 Å². The maximum Gasteiger partial charge on any atom is 0.301 e. The lowest BCUT2D eigenvalue weighted by atomic mass is 9.50. The van der Waals surface area contributed by atoms with Crippen LogP contribution in [0.3, 0.4) is 0 Å². The molecule has 0 aliphatic heterocycles. The molecule has 4 saturated carbocycles. The summed E-state index contributed by atoms with van der Waals surface area (Å²) in [5.41, 5.74) is 21.2. The fraction of sp³-hybridized carbons (Fsp3) is 0.220. The highest BCUT2D eigenvalue weighted by Gasteiger charge is 2.57. The minimum atomic E-state index is -4.16. The smallest absolute Gasteiger partial charge is 0.301 e. The number of aromatic nitrogens is 16. The quantitative estimate of drug-likeness (QED) is 0.0188. The molecule has 0 spiro atoms. The summed E-state index contributed by atoms with van der Waals surface area (Å²) < 4.78 is 108. The molecular weight excluding hydrogens is 1800 g/mol. The zero-order valence-electron chi connectivity index (χ0n) is 73.9. The zero-order valence-corrected chi connectivity index (χ0v) is 77.1. The second kappa shape index (κ2) is 42.0. The van der Waals surface area contributed by atoms with Gasteiger partial charge in [-0.25, -0.2) is 95.1 Å². The molecule has 13 aromatic heterocycles. The minimum Gasteiger partial charge on any atom is -0.384 e. The molecule has 690 valence electrons. The lowest BCUT2D eigenvalue weighted by molar-refractivity contribution is -0.114. The van der Waals surface area contributed by atoms with Gasteiger partial charge in [-0.3, -0.25) is 33.9 Å². The molecule has 18 rings (SSSR count). The highest BCUT2D eigenvalue weighted by Crippen LogP contribution is 2.57. The first-order valence-corrected chi connectivity index (χ1v) is 46.3. The summed E-state index contributed by atoms with van der Waals surface area (Å²) >= 11 is 6.22. The van der Waals surface area contributed by atoms with E-state index in [0.29, 0.717) is 126 Å². The number of hydrogen-bond acceptors (Lipinski definition) is 30. The number of nitrogens with two attached hydrogens (primary N) is 2. The van der Waals surface area contributed by atoms with E-state index >= 15 is 0 Å². The van der Waals surface area contributed by atoms with E-state index in [-0.39, 0.29) is 39.0 Å². The molecule has 4 aliphatic carbocycles. The first-order chi connectivity index (χ1) is 63.8. The maximum atomic E-state index is 14.1. The van der Waals surface area contributed by atoms with E-state index in [4.69, 9.17) is 23.1 Å². The average Bonchev–Trinajstić information content (AvgIpc) is 0.718. The van der Waals surface area contributed by atoms with Crippen LogP contribution in [-0.2, 0) is 40.6 Å². The Hall–Kier alpha value is -15.1. The summed E-state index contributed by atoms with van der Waals surface area (Å²) in [6.07, 6.45) is 28.3. The Bertz CT molecular complexity index is 7160. The molecule has 2 bridgehead atoms. The molecule has 1 aromatic carbocycles. The van der Waals surface area contributed by atoms with Crippen molar-refractivity contribution in [2.75, 3.05) is 64.8 Å². The summed E-state index contributed by atoms with van der Waals surface area (Å²) in [6, 6.07) is 31.8. The zero-order chi connectivity index (χ0) is 95.9. The van der Waals surface area contributed by atoms with Crippen LogP contribution in [-0.4, -0.2) is 167 Å². The van der Waals surface area contributed by atoms with Crippen LogP contribution in [0.15, 0.2) is 223 Å². The third kappa shape index (κ3) is 24.7. The number of sulfone groups is 1. The normalized spacial score (nSPS) is 14.1. The first-order valence-electron chi connectivity index (χ1n) is 41.3. The van der Waals surface area contributed by atoms with Crippen molar-refractivity contribution in [3.05, 3.63) is 281 Å². The molecule has 4 fully saturated rings. The van der Waals surface area contributed by atoms with E-state index in [1.54, 1.807) is 169 Å². The highest BCUT2D eigenvalue weighted by molar-refractivity contribution is 7.91. The van der Waals surface area contributed by atoms with E-state index < -0.39 is 63.8 Å². The van der Waals surface area contributed by atoms with Crippen LogP contribution in [0.2, 0.25) is 5.15 Å². The number of amides is 3. The van der Waals surface area contributed by atoms with E-state index in [1.165, 1.54) is 45.8 Å². The number of primary amides is 1. The molecule has 14 aromatic rings. The second-order valence-corrected chi connectivity index (χ2v) is 37.6. The Kier molecular flexibility index (Phi) is 30.2. The Morgan fingerprint density at radius 3 is 1.61 bits per heavy atom. The van der Waals surface area contributed by atoms with Crippen LogP contribution >= 0.6 is 11.6 Å². The fourth-order valence-electron chi connectivity index (χ4n) is 14.1. The Morgan fingerprint density at radius 2 is 1.07 bits per heavy atom. The fourth-order valence-corrected chi connectivity index (χ4v) is 18.0. The summed E-state index contributed by atoms with van der Waals surface area (Å²) in [4.78, 5) is 114. The molecule has 0 radical (unpaired) electrons. The van der Waals surface area contributed by atoms with Gasteiger partial charge in [-0.05, 0) is 227 Å². The van der Waals surface area contributed by atoms with Gasteiger partial charge in [-0.2, -0.15) is 12.7 Å². The van der Waals surface area contributed by atoms with Gasteiger partial charge in [0.2, 0.25) is 15.9 Å². The number of nitrogens with one attached hydrogen (secondary N) is 8. The average molecular weight is 1890 g/mol. The van der Waals surface area contributed by atoms with Gasteiger partial charge in [-0.15, -0.1) is 0 Å². The van der Waals surface area contributed by atoms with E-state index in [9.17, 15) is 53.2 Å². The number of anilines is 10. The first kappa shape index (κ1) is 96.4. The van der Waals surface area contributed by atoms with E-state index in [1.807, 2.05) is 50.2 Å². The predicted octanol–water partition coefficient (Wildman–Crippen LogP) is 13.1. The molecule has 0 saturated heterocycles. The maximum absolute atomic E-state index is 14.1. The van der Waals surface area contributed by atoms with Crippen molar-refractivity contribution < 1.29 is 48.4 Å². The Balaban J connectivity index is 0.000000143. The molecule has 4 aliphatic rings. The molecule has 43 heteroatoms. The monoisotopic (exact) mass is 1890 g/mol. The Labute approximate surface area is 775 Å². The van der Waals surface area contributed by atoms with E-state index in [2.05, 4.69) is 116 Å². The number of nitrogens with zero attached hydrogens (tertiary/aromatic N) is 17. The number of rotatable bonds is 25. The standard InChI is InChI=1S/C22H16ClF2N5O2S.C20H23N5O2.C19H20N6O3S.C17H16N6O.C13H17N5O2S/c1-13-16(14-4-7-27-21(8-14)30-20-5-6-26-12-29-20)10-28-22(23)17(13)11-33(31,32)19-3-2-15(24)9-18(19)25;1-12(26)23-17-7-14(4-5-21-17)15-6-16(18(22-11-15)25(2)3)19(27)24-20-8-13(9-20)10-20;1-12-20-8-6-17(23-12)24-18-10-13(5-7-21-18)14-9-16(19(26)22-11-14)29(27,28)25-15-3-2-4-15;1-10-14(17(18)24)7-13(9-21-10)12-3-5-20-16(8-12)23-15-4-6-19-11(2)22-15;1-9-12(17-21(19,20)18(2)3)6-11(8-16-9)10-4-5-15-13(14)7-10/h2-10,12H,11H2,1H3,(H,26,27,29,30);4-7,11,13H,8-10H2,1-3H3,(H,24,27)(H,21,23,26);5-11,15,25H,2-4H2,1H3,(H,22,26)(H,20,21,23,24);3-9H,1-2H3,(H2,18,24)(H,19,20,22,23);4-8,17H,1-3H3,(H2,14,15). The van der Waals surface area contributed by atoms with E-state index in [0.717, 1.165) is 94.3 Å². The number of carbonyl (C=O) groups excluding carboxylic acids is 3. The molecule has 3 amide bonds. The van der Waals surface area contributed by atoms with Gasteiger partial charge in [0.05, 0.1) is 34.0 Å². The second-order valence-electron chi connectivity index (χ2n) is 31.7. The topological polar surface area (TPSA) is 523 Å². The molecule has 12 N–H and O–H groups in total. The third-order valence-electron chi connectivity index (χ3n) is 21.3. The highest BCUT2D eigenvalue weighted by atomic mass is 35.5. The number of benzene rings is 1. The van der Waals surface area contributed by atoms with Crippen LogP contribution in [0, 0.1) is 52.2 Å². The van der Waals surface area contributed by atoms with Crippen molar-refractivity contribution in [3.63, 3.8) is 0 Å². The number of halogens is 3. The van der Waals surface area contributed by atoms with Gasteiger partial charge in [-0.1, -0.05) is 18.0 Å². The summed E-state index contributed by atoms with van der Waals surface area (Å²) in [6.45, 7) is 10.2. The summed E-state index contributed by atoms with van der Waals surface area (Å²) in [5, 5.41) is 15.1. The number of carbonyl (C=O) groups is 3. The molecular formula is C91H92ClF2N27O10S3. The van der Waals surface area contributed by atoms with Gasteiger partial charge in [0, 0.05) is 161 Å². The van der Waals surface area contributed by atoms with Gasteiger partial charge in [0.15, 0.2) is 9.84 Å². The van der Waals surface area contributed by atoms with Gasteiger partial charge in [0.25, 0.3) is 17.4 Å². The minimum absolute atomic E-state index is 0.0105. The summed E-state index contributed by atoms with van der Waals surface area (Å²) in [5.74, 6) is 3.68. The van der Waals surface area contributed by atoms with Crippen molar-refractivity contribution in [2.24, 2.45) is 11.7 Å².